The molecular weight excluding hydrogens is 194 g/mol. The zero-order chi connectivity index (χ0) is 10.5. The Morgan fingerprint density at radius 3 is 3.00 bits per heavy atom. The largest absolute Gasteiger partial charge is 0.390 e. The number of amides is 1. The highest BCUT2D eigenvalue weighted by Gasteiger charge is 2.76. The summed E-state index contributed by atoms with van der Waals surface area (Å²) < 4.78 is 5.97. The molecular formula is C11H15NO3. The monoisotopic (exact) mass is 209 g/mol. The van der Waals surface area contributed by atoms with Gasteiger partial charge in [0, 0.05) is 13.0 Å². The summed E-state index contributed by atoms with van der Waals surface area (Å²) in [4.78, 5) is 13.9. The van der Waals surface area contributed by atoms with E-state index in [0.717, 1.165) is 6.42 Å². The second-order valence-corrected chi connectivity index (χ2v) is 5.64. The Balaban J connectivity index is 1.92. The van der Waals surface area contributed by atoms with Gasteiger partial charge in [0.2, 0.25) is 5.91 Å². The lowest BCUT2D eigenvalue weighted by molar-refractivity contribution is -0.167. The maximum Gasteiger partial charge on any atom is 0.228 e. The second-order valence-electron chi connectivity index (χ2n) is 5.64. The highest BCUT2D eigenvalue weighted by molar-refractivity contribution is 5.84. The molecule has 2 bridgehead atoms. The quantitative estimate of drug-likeness (QED) is 0.602. The highest BCUT2D eigenvalue weighted by atomic mass is 16.6. The van der Waals surface area contributed by atoms with E-state index in [1.54, 1.807) is 4.90 Å². The van der Waals surface area contributed by atoms with Gasteiger partial charge in [-0.3, -0.25) is 4.79 Å². The number of ether oxygens (including phenoxy) is 1. The van der Waals surface area contributed by atoms with Crippen LogP contribution in [0.15, 0.2) is 0 Å². The summed E-state index contributed by atoms with van der Waals surface area (Å²) in [6.45, 7) is 2.00. The van der Waals surface area contributed by atoms with Crippen LogP contribution in [-0.2, 0) is 9.53 Å². The van der Waals surface area contributed by atoms with E-state index in [1.165, 1.54) is 0 Å². The van der Waals surface area contributed by atoms with Crippen molar-refractivity contribution in [3.63, 3.8) is 0 Å². The number of carbonyl (C=O) groups excluding carboxylic acids is 1. The van der Waals surface area contributed by atoms with Gasteiger partial charge in [-0.2, -0.15) is 0 Å². The number of hydrogen-bond acceptors (Lipinski definition) is 3. The van der Waals surface area contributed by atoms with Crippen molar-refractivity contribution in [3.05, 3.63) is 0 Å². The number of hydrogen-bond donors (Lipinski definition) is 1. The number of likely N-dealkylation sites (tertiary alicyclic amines) is 1. The lowest BCUT2D eigenvalue weighted by Gasteiger charge is -2.33. The molecule has 0 aromatic heterocycles. The molecule has 7 unspecified atom stereocenters. The standard InChI is InChI=1S/C11H15NO3/c1-11-7-5-3-4(8(13)9(5)15-11)6(7)10(14)12(11)2/h4-9,13H,3H2,1-2H3. The van der Waals surface area contributed by atoms with Crippen LogP contribution in [0.25, 0.3) is 0 Å². The normalized spacial score (nSPS) is 64.7. The van der Waals surface area contributed by atoms with E-state index in [0.29, 0.717) is 11.8 Å². The molecule has 82 valence electrons. The van der Waals surface area contributed by atoms with Gasteiger partial charge in [0.05, 0.1) is 18.1 Å². The number of aliphatic hydroxyl groups excluding tert-OH is 1. The molecule has 4 heteroatoms. The molecule has 1 N–H and O–H groups in total. The number of carbonyl (C=O) groups is 1. The van der Waals surface area contributed by atoms with E-state index in [4.69, 9.17) is 4.74 Å². The van der Waals surface area contributed by atoms with Gasteiger partial charge in [-0.1, -0.05) is 0 Å². The SMILES string of the molecule is CN1C(=O)C2C3CC4C(OC1(C)C42)C3O. The molecule has 1 amide bonds. The van der Waals surface area contributed by atoms with Crippen LogP contribution >= 0.6 is 0 Å². The number of nitrogens with zero attached hydrogens (tertiary/aromatic N) is 1. The fourth-order valence-electron chi connectivity index (χ4n) is 4.65. The Morgan fingerprint density at radius 1 is 1.53 bits per heavy atom. The third-order valence-electron chi connectivity index (χ3n) is 5.33. The fraction of sp³-hybridized carbons (Fsp3) is 0.909. The van der Waals surface area contributed by atoms with Gasteiger partial charge in [0.25, 0.3) is 0 Å². The first-order chi connectivity index (χ1) is 7.05. The van der Waals surface area contributed by atoms with Gasteiger partial charge in [0.1, 0.15) is 5.72 Å². The van der Waals surface area contributed by atoms with Gasteiger partial charge >= 0.3 is 0 Å². The second kappa shape index (κ2) is 2.09. The maximum atomic E-state index is 12.1. The maximum absolute atomic E-state index is 12.1. The van der Waals surface area contributed by atoms with Crippen molar-refractivity contribution < 1.29 is 14.6 Å². The van der Waals surface area contributed by atoms with Crippen LogP contribution in [0, 0.1) is 23.7 Å². The summed E-state index contributed by atoms with van der Waals surface area (Å²) in [5.74, 6) is 1.09. The van der Waals surface area contributed by atoms with Crippen molar-refractivity contribution in [3.8, 4) is 0 Å². The minimum Gasteiger partial charge on any atom is -0.390 e. The predicted molar refractivity (Wildman–Crippen MR) is 50.6 cm³/mol. The van der Waals surface area contributed by atoms with Crippen molar-refractivity contribution in [1.82, 2.24) is 4.90 Å². The molecule has 15 heavy (non-hydrogen) atoms. The van der Waals surface area contributed by atoms with Crippen LogP contribution < -0.4 is 0 Å². The Labute approximate surface area is 88.2 Å². The third kappa shape index (κ3) is 0.633. The molecule has 2 saturated heterocycles. The molecule has 2 saturated carbocycles. The topological polar surface area (TPSA) is 49.8 Å². The lowest BCUT2D eigenvalue weighted by atomic mass is 9.77. The van der Waals surface area contributed by atoms with Crippen molar-refractivity contribution in [2.45, 2.75) is 31.3 Å². The van der Waals surface area contributed by atoms with Crippen LogP contribution in [0.1, 0.15) is 13.3 Å². The summed E-state index contributed by atoms with van der Waals surface area (Å²) in [7, 11) is 1.83. The zero-order valence-corrected chi connectivity index (χ0v) is 8.88. The van der Waals surface area contributed by atoms with E-state index in [2.05, 4.69) is 0 Å². The molecule has 2 aliphatic carbocycles. The van der Waals surface area contributed by atoms with Crippen LogP contribution in [0.3, 0.4) is 0 Å². The molecule has 0 radical (unpaired) electrons. The minimum atomic E-state index is -0.441. The van der Waals surface area contributed by atoms with Gasteiger partial charge < -0.3 is 14.7 Å². The molecule has 0 spiro atoms. The molecule has 2 aliphatic heterocycles. The number of rotatable bonds is 0. The Hall–Kier alpha value is -0.610. The smallest absolute Gasteiger partial charge is 0.228 e. The van der Waals surface area contributed by atoms with E-state index in [9.17, 15) is 9.90 Å². The summed E-state index contributed by atoms with van der Waals surface area (Å²) >= 11 is 0. The van der Waals surface area contributed by atoms with E-state index in [1.807, 2.05) is 14.0 Å². The van der Waals surface area contributed by atoms with Gasteiger partial charge in [-0.25, -0.2) is 0 Å². The first kappa shape index (κ1) is 8.53. The van der Waals surface area contributed by atoms with Crippen molar-refractivity contribution in [2.24, 2.45) is 23.7 Å². The molecule has 4 nitrogen and oxygen atoms in total. The zero-order valence-electron chi connectivity index (χ0n) is 8.88. The highest BCUT2D eigenvalue weighted by Crippen LogP contribution is 2.66. The van der Waals surface area contributed by atoms with Crippen molar-refractivity contribution in [2.75, 3.05) is 7.05 Å². The van der Waals surface area contributed by atoms with Crippen LogP contribution in [0.2, 0.25) is 0 Å². The van der Waals surface area contributed by atoms with E-state index < -0.39 is 11.8 Å². The summed E-state index contributed by atoms with van der Waals surface area (Å²) in [5, 5.41) is 10.1. The Kier molecular flexibility index (Phi) is 1.19. The van der Waals surface area contributed by atoms with Crippen LogP contribution in [0.4, 0.5) is 0 Å². The molecule has 7 atom stereocenters. The van der Waals surface area contributed by atoms with Gasteiger partial charge in [-0.15, -0.1) is 0 Å². The van der Waals surface area contributed by atoms with Crippen molar-refractivity contribution >= 4 is 5.91 Å². The van der Waals surface area contributed by atoms with Gasteiger partial charge in [-0.05, 0) is 25.2 Å². The molecule has 2 heterocycles. The van der Waals surface area contributed by atoms with Crippen LogP contribution in [-0.4, -0.2) is 40.9 Å². The first-order valence-corrected chi connectivity index (χ1v) is 5.69. The average Bonchev–Trinajstić information content (AvgIpc) is 2.82. The molecule has 4 aliphatic rings. The summed E-state index contributed by atoms with van der Waals surface area (Å²) in [6.07, 6.45) is 0.559. The first-order valence-electron chi connectivity index (χ1n) is 5.69. The molecule has 4 fully saturated rings. The molecule has 0 aromatic carbocycles. The average molecular weight is 209 g/mol. The number of fused-ring (bicyclic) bond motifs is 2. The van der Waals surface area contributed by atoms with Gasteiger partial charge in [0.15, 0.2) is 0 Å². The summed E-state index contributed by atoms with van der Waals surface area (Å²) in [6, 6.07) is 0. The lowest BCUT2D eigenvalue weighted by Crippen LogP contribution is -2.46. The molecule has 4 rings (SSSR count). The van der Waals surface area contributed by atoms with E-state index in [-0.39, 0.29) is 23.8 Å². The van der Waals surface area contributed by atoms with Crippen LogP contribution in [0.5, 0.6) is 0 Å². The fourth-order valence-corrected chi connectivity index (χ4v) is 4.65. The van der Waals surface area contributed by atoms with Crippen molar-refractivity contribution in [1.29, 1.82) is 0 Å². The minimum absolute atomic E-state index is 0.0169. The third-order valence-corrected chi connectivity index (χ3v) is 5.33. The Bertz CT molecular complexity index is 371. The summed E-state index contributed by atoms with van der Waals surface area (Å²) in [5.41, 5.74) is -0.441. The van der Waals surface area contributed by atoms with E-state index >= 15 is 0 Å². The predicted octanol–water partition coefficient (Wildman–Crippen LogP) is -0.184. The Morgan fingerprint density at radius 2 is 2.27 bits per heavy atom. The number of aliphatic hydroxyl groups is 1. The molecule has 0 aromatic rings.